The van der Waals surface area contributed by atoms with Gasteiger partial charge < -0.3 is 10.4 Å². The Bertz CT molecular complexity index is 741. The van der Waals surface area contributed by atoms with E-state index in [2.05, 4.69) is 17.9 Å². The summed E-state index contributed by atoms with van der Waals surface area (Å²) < 4.78 is 0. The maximum absolute atomic E-state index is 12.5. The number of hydrogen-bond donors (Lipinski definition) is 3. The number of thiol groups is 1. The zero-order valence-corrected chi connectivity index (χ0v) is 17.1. The molecule has 0 aliphatic heterocycles. The van der Waals surface area contributed by atoms with E-state index in [4.69, 9.17) is 11.6 Å². The summed E-state index contributed by atoms with van der Waals surface area (Å²) in [5.74, 6) is -0.411. The van der Waals surface area contributed by atoms with E-state index in [9.17, 15) is 14.7 Å². The molecule has 4 nitrogen and oxygen atoms in total. The van der Waals surface area contributed by atoms with E-state index in [1.807, 2.05) is 42.5 Å². The van der Waals surface area contributed by atoms with Crippen molar-refractivity contribution in [3.63, 3.8) is 0 Å². The summed E-state index contributed by atoms with van der Waals surface area (Å²) in [6, 6.07) is 16.1. The lowest BCUT2D eigenvalue weighted by Crippen LogP contribution is -2.46. The van der Waals surface area contributed by atoms with E-state index in [0.717, 1.165) is 11.1 Å². The van der Waals surface area contributed by atoms with E-state index in [-0.39, 0.29) is 5.91 Å². The Hall–Kier alpha value is -1.63. The maximum atomic E-state index is 12.5. The van der Waals surface area contributed by atoms with E-state index >= 15 is 0 Å². The van der Waals surface area contributed by atoms with Gasteiger partial charge in [0, 0.05) is 22.3 Å². The van der Waals surface area contributed by atoms with Gasteiger partial charge in [-0.3, -0.25) is 4.79 Å². The Morgan fingerprint density at radius 2 is 1.74 bits per heavy atom. The predicted molar refractivity (Wildman–Crippen MR) is 115 cm³/mol. The first-order chi connectivity index (χ1) is 13.0. The molecule has 0 saturated carbocycles. The van der Waals surface area contributed by atoms with Crippen molar-refractivity contribution < 1.29 is 14.7 Å². The quantitative estimate of drug-likeness (QED) is 0.506. The molecule has 0 radical (unpaired) electrons. The van der Waals surface area contributed by atoms with Crippen molar-refractivity contribution in [3.8, 4) is 0 Å². The summed E-state index contributed by atoms with van der Waals surface area (Å²) >= 11 is 11.6. The lowest BCUT2D eigenvalue weighted by atomic mass is 10.00. The molecule has 2 rings (SSSR count). The van der Waals surface area contributed by atoms with Crippen molar-refractivity contribution in [1.82, 2.24) is 5.32 Å². The number of carbonyl (C=O) groups excluding carboxylic acids is 1. The second-order valence-corrected chi connectivity index (χ2v) is 7.94. The number of nitrogens with one attached hydrogen (secondary N) is 1. The van der Waals surface area contributed by atoms with E-state index in [1.165, 1.54) is 11.8 Å². The molecule has 0 saturated heterocycles. The summed E-state index contributed by atoms with van der Waals surface area (Å²) in [5, 5.41) is 12.7. The average Bonchev–Trinajstić information content (AvgIpc) is 2.67. The first-order valence-electron chi connectivity index (χ1n) is 8.49. The van der Waals surface area contributed by atoms with Crippen LogP contribution in [0.25, 0.3) is 0 Å². The van der Waals surface area contributed by atoms with Gasteiger partial charge in [0.1, 0.15) is 6.04 Å². The minimum Gasteiger partial charge on any atom is -0.480 e. The third-order valence-corrected chi connectivity index (χ3v) is 5.80. The van der Waals surface area contributed by atoms with Crippen LogP contribution in [0.3, 0.4) is 0 Å². The van der Waals surface area contributed by atoms with Gasteiger partial charge in [0.05, 0.1) is 5.92 Å². The topological polar surface area (TPSA) is 66.4 Å². The van der Waals surface area contributed by atoms with E-state index < -0.39 is 17.9 Å². The molecule has 2 atom stereocenters. The zero-order valence-electron chi connectivity index (χ0n) is 14.7. The Kier molecular flexibility index (Phi) is 9.04. The molecule has 0 aliphatic carbocycles. The lowest BCUT2D eigenvalue weighted by Gasteiger charge is -2.19. The first-order valence-corrected chi connectivity index (χ1v) is 10.7. The van der Waals surface area contributed by atoms with Crippen LogP contribution in [0.4, 0.5) is 0 Å². The molecule has 27 heavy (non-hydrogen) atoms. The normalized spacial score (nSPS) is 13.0. The van der Waals surface area contributed by atoms with Gasteiger partial charge in [0.2, 0.25) is 5.91 Å². The van der Waals surface area contributed by atoms with E-state index in [0.29, 0.717) is 28.7 Å². The number of rotatable bonds is 10. The summed E-state index contributed by atoms with van der Waals surface area (Å²) in [6.45, 7) is 0. The summed E-state index contributed by atoms with van der Waals surface area (Å²) in [4.78, 5) is 24.1. The highest BCUT2D eigenvalue weighted by Crippen LogP contribution is 2.16. The van der Waals surface area contributed by atoms with Crippen molar-refractivity contribution in [2.75, 3.05) is 11.5 Å². The minimum atomic E-state index is -1.03. The lowest BCUT2D eigenvalue weighted by molar-refractivity contribution is -0.141. The van der Waals surface area contributed by atoms with Gasteiger partial charge in [-0.05, 0) is 29.7 Å². The molecule has 7 heteroatoms. The van der Waals surface area contributed by atoms with Crippen LogP contribution in [0, 0.1) is 5.92 Å². The van der Waals surface area contributed by atoms with Crippen molar-refractivity contribution in [2.24, 2.45) is 5.92 Å². The third kappa shape index (κ3) is 7.48. The van der Waals surface area contributed by atoms with Crippen molar-refractivity contribution in [2.45, 2.75) is 18.2 Å². The van der Waals surface area contributed by atoms with Crippen LogP contribution in [0.2, 0.25) is 5.02 Å². The number of carboxylic acid groups (broad SMARTS) is 1. The number of amides is 1. The third-order valence-electron chi connectivity index (χ3n) is 4.00. The van der Waals surface area contributed by atoms with Gasteiger partial charge in [0.25, 0.3) is 0 Å². The zero-order chi connectivity index (χ0) is 19.6. The van der Waals surface area contributed by atoms with Gasteiger partial charge in [0.15, 0.2) is 0 Å². The molecule has 2 aromatic rings. The Balaban J connectivity index is 1.89. The maximum Gasteiger partial charge on any atom is 0.327 e. The van der Waals surface area contributed by atoms with Crippen LogP contribution in [-0.4, -0.2) is 34.5 Å². The molecule has 0 heterocycles. The first kappa shape index (κ1) is 21.7. The summed E-state index contributed by atoms with van der Waals surface area (Å²) in [7, 11) is 0. The molecular formula is C20H22ClNO3S2. The molecule has 0 unspecified atom stereocenters. The molecule has 0 bridgehead atoms. The molecule has 0 aromatic heterocycles. The van der Waals surface area contributed by atoms with E-state index in [1.54, 1.807) is 12.1 Å². The standard InChI is InChI=1S/C20H22ClNO3S2/c21-17-8-6-14(7-9-17)10-16(11-26)19(23)22-18(20(24)25)13-27-12-15-4-2-1-3-5-15/h1-9,16,18,26H,10-13H2,(H,22,23)(H,24,25)/t16-,18-/m1/s1. The average molecular weight is 424 g/mol. The molecule has 2 N–H and O–H groups in total. The molecule has 0 fully saturated rings. The fourth-order valence-corrected chi connectivity index (χ4v) is 3.91. The largest absolute Gasteiger partial charge is 0.480 e. The highest BCUT2D eigenvalue weighted by molar-refractivity contribution is 7.98. The molecule has 0 aliphatic rings. The smallest absolute Gasteiger partial charge is 0.327 e. The monoisotopic (exact) mass is 423 g/mol. The van der Waals surface area contributed by atoms with Gasteiger partial charge in [-0.25, -0.2) is 4.79 Å². The number of carbonyl (C=O) groups is 2. The van der Waals surface area contributed by atoms with Crippen molar-refractivity contribution in [1.29, 1.82) is 0 Å². The fraction of sp³-hybridized carbons (Fsp3) is 0.300. The molecule has 1 amide bonds. The SMILES string of the molecule is O=C(N[C@H](CSCc1ccccc1)C(=O)O)[C@@H](CS)Cc1ccc(Cl)cc1. The summed E-state index contributed by atoms with van der Waals surface area (Å²) in [6.07, 6.45) is 0.482. The van der Waals surface area contributed by atoms with Gasteiger partial charge >= 0.3 is 5.97 Å². The number of halogens is 1. The molecule has 0 spiro atoms. The second kappa shape index (κ2) is 11.3. The Morgan fingerprint density at radius 1 is 1.07 bits per heavy atom. The van der Waals surface area contributed by atoms with Crippen LogP contribution in [0.5, 0.6) is 0 Å². The van der Waals surface area contributed by atoms with Gasteiger partial charge in [-0.2, -0.15) is 24.4 Å². The second-order valence-electron chi connectivity index (χ2n) is 6.11. The summed E-state index contributed by atoms with van der Waals surface area (Å²) in [5.41, 5.74) is 2.08. The number of hydrogen-bond acceptors (Lipinski definition) is 4. The minimum absolute atomic E-state index is 0.298. The highest BCUT2D eigenvalue weighted by Gasteiger charge is 2.24. The van der Waals surface area contributed by atoms with Crippen LogP contribution in [-0.2, 0) is 21.8 Å². The van der Waals surface area contributed by atoms with Crippen LogP contribution < -0.4 is 5.32 Å². The Labute approximate surface area is 174 Å². The number of thioether (sulfide) groups is 1. The van der Waals surface area contributed by atoms with Gasteiger partial charge in [-0.1, -0.05) is 54.1 Å². The van der Waals surface area contributed by atoms with Gasteiger partial charge in [-0.15, -0.1) is 0 Å². The molecule has 2 aromatic carbocycles. The van der Waals surface area contributed by atoms with Crippen LogP contribution >= 0.6 is 36.0 Å². The number of benzene rings is 2. The fourth-order valence-electron chi connectivity index (χ4n) is 2.48. The molecule has 144 valence electrons. The number of carboxylic acids is 1. The van der Waals surface area contributed by atoms with Crippen LogP contribution in [0.1, 0.15) is 11.1 Å². The Morgan fingerprint density at radius 3 is 2.33 bits per heavy atom. The van der Waals surface area contributed by atoms with Crippen molar-refractivity contribution in [3.05, 3.63) is 70.7 Å². The molecular weight excluding hydrogens is 402 g/mol. The van der Waals surface area contributed by atoms with Crippen molar-refractivity contribution >= 4 is 47.9 Å². The predicted octanol–water partition coefficient (Wildman–Crippen LogP) is 3.93. The highest BCUT2D eigenvalue weighted by atomic mass is 35.5. The number of aliphatic carboxylic acids is 1. The van der Waals surface area contributed by atoms with Crippen LogP contribution in [0.15, 0.2) is 54.6 Å².